The van der Waals surface area contributed by atoms with Gasteiger partial charge in [-0.3, -0.25) is 4.98 Å². The fourth-order valence-electron chi connectivity index (χ4n) is 2.96. The molecular weight excluding hydrogens is 266 g/mol. The Morgan fingerprint density at radius 2 is 2.00 bits per heavy atom. The van der Waals surface area contributed by atoms with Crippen LogP contribution in [-0.2, 0) is 0 Å². The van der Waals surface area contributed by atoms with Crippen molar-refractivity contribution in [1.29, 1.82) is 0 Å². The van der Waals surface area contributed by atoms with Crippen molar-refractivity contribution in [1.82, 2.24) is 20.5 Å². The Morgan fingerprint density at radius 3 is 2.67 bits per heavy atom. The summed E-state index contributed by atoms with van der Waals surface area (Å²) in [7, 11) is 0. The third-order valence-corrected chi connectivity index (χ3v) is 4.22. The molecule has 1 aromatic heterocycles. The number of carbonyl (C=O) groups is 1. The Labute approximate surface area is 125 Å². The van der Waals surface area contributed by atoms with Gasteiger partial charge in [0.2, 0.25) is 0 Å². The van der Waals surface area contributed by atoms with Crippen LogP contribution in [0.4, 0.5) is 10.5 Å². The second-order valence-electron chi connectivity index (χ2n) is 5.67. The van der Waals surface area contributed by atoms with E-state index in [0.717, 1.165) is 52.1 Å². The van der Waals surface area contributed by atoms with Crippen LogP contribution in [-0.4, -0.2) is 61.2 Å². The Morgan fingerprint density at radius 1 is 1.24 bits per heavy atom. The van der Waals surface area contributed by atoms with Crippen LogP contribution in [0.5, 0.6) is 0 Å². The first-order valence-electron chi connectivity index (χ1n) is 7.74. The molecule has 6 nitrogen and oxygen atoms in total. The molecule has 2 saturated heterocycles. The quantitative estimate of drug-likeness (QED) is 0.840. The van der Waals surface area contributed by atoms with Crippen LogP contribution in [0.1, 0.15) is 12.8 Å². The first-order chi connectivity index (χ1) is 10.3. The molecule has 0 saturated carbocycles. The number of amides is 2. The molecule has 0 aromatic carbocycles. The Bertz CT molecular complexity index is 452. The largest absolute Gasteiger partial charge is 0.368 e. The van der Waals surface area contributed by atoms with Crippen molar-refractivity contribution in [3.8, 4) is 0 Å². The molecule has 2 aliphatic rings. The van der Waals surface area contributed by atoms with Crippen LogP contribution in [0.15, 0.2) is 24.5 Å². The minimum Gasteiger partial charge on any atom is -0.368 e. The topological polar surface area (TPSA) is 60.5 Å². The van der Waals surface area contributed by atoms with Crippen LogP contribution in [0.25, 0.3) is 0 Å². The average molecular weight is 289 g/mol. The molecule has 0 bridgehead atoms. The zero-order chi connectivity index (χ0) is 14.5. The lowest BCUT2D eigenvalue weighted by molar-refractivity contribution is 0.187. The highest BCUT2D eigenvalue weighted by atomic mass is 16.2. The zero-order valence-electron chi connectivity index (χ0n) is 12.3. The summed E-state index contributed by atoms with van der Waals surface area (Å²) in [6, 6.07) is 4.40. The molecular formula is C15H23N5O. The summed E-state index contributed by atoms with van der Waals surface area (Å²) < 4.78 is 0. The fraction of sp³-hybridized carbons (Fsp3) is 0.600. The van der Waals surface area contributed by atoms with Gasteiger partial charge in [0.1, 0.15) is 0 Å². The number of urea groups is 1. The van der Waals surface area contributed by atoms with Crippen molar-refractivity contribution in [3.05, 3.63) is 24.5 Å². The van der Waals surface area contributed by atoms with Gasteiger partial charge in [0, 0.05) is 56.8 Å². The zero-order valence-corrected chi connectivity index (χ0v) is 12.3. The summed E-state index contributed by atoms with van der Waals surface area (Å²) in [6.45, 7) is 5.25. The number of anilines is 1. The van der Waals surface area contributed by atoms with Gasteiger partial charge >= 0.3 is 6.03 Å². The highest BCUT2D eigenvalue weighted by Gasteiger charge is 2.23. The molecule has 114 valence electrons. The number of nitrogens with zero attached hydrogens (tertiary/aromatic N) is 3. The molecule has 1 atom stereocenters. The minimum absolute atomic E-state index is 0.0816. The maximum Gasteiger partial charge on any atom is 0.317 e. The number of pyridine rings is 1. The van der Waals surface area contributed by atoms with Gasteiger partial charge in [0.15, 0.2) is 0 Å². The van der Waals surface area contributed by atoms with E-state index in [-0.39, 0.29) is 12.1 Å². The molecule has 2 fully saturated rings. The van der Waals surface area contributed by atoms with Crippen LogP contribution in [0.3, 0.4) is 0 Å². The van der Waals surface area contributed by atoms with Gasteiger partial charge in [-0.2, -0.15) is 0 Å². The predicted molar refractivity (Wildman–Crippen MR) is 82.4 cm³/mol. The Hall–Kier alpha value is -1.82. The number of hydrogen-bond acceptors (Lipinski definition) is 4. The molecule has 0 spiro atoms. The lowest BCUT2D eigenvalue weighted by atomic mass is 10.1. The van der Waals surface area contributed by atoms with Gasteiger partial charge < -0.3 is 20.4 Å². The maximum atomic E-state index is 12.3. The van der Waals surface area contributed by atoms with Gasteiger partial charge in [-0.25, -0.2) is 4.79 Å². The Balaban J connectivity index is 1.47. The standard InChI is InChI=1S/C15H23N5O/c21-15(18-13-2-1-5-17-12-13)20-10-8-19(9-11-20)14-3-6-16-7-4-14/h3-4,6-7,13,17H,1-2,5,8-12H2,(H,18,21). The molecule has 1 unspecified atom stereocenters. The molecule has 2 amide bonds. The molecule has 1 aromatic rings. The van der Waals surface area contributed by atoms with E-state index in [1.165, 1.54) is 5.69 Å². The van der Waals surface area contributed by atoms with Gasteiger partial charge in [-0.05, 0) is 31.5 Å². The SMILES string of the molecule is O=C(NC1CCCNC1)N1CCN(c2ccncc2)CC1. The lowest BCUT2D eigenvalue weighted by Crippen LogP contribution is -2.55. The van der Waals surface area contributed by atoms with E-state index in [1.54, 1.807) is 0 Å². The van der Waals surface area contributed by atoms with E-state index < -0.39 is 0 Å². The van der Waals surface area contributed by atoms with Gasteiger partial charge in [-0.1, -0.05) is 0 Å². The highest BCUT2D eigenvalue weighted by molar-refractivity contribution is 5.75. The number of aromatic nitrogens is 1. The second-order valence-corrected chi connectivity index (χ2v) is 5.67. The van der Waals surface area contributed by atoms with Crippen LogP contribution in [0, 0.1) is 0 Å². The van der Waals surface area contributed by atoms with E-state index in [2.05, 4.69) is 20.5 Å². The highest BCUT2D eigenvalue weighted by Crippen LogP contribution is 2.14. The number of carbonyl (C=O) groups excluding carboxylic acids is 1. The van der Waals surface area contributed by atoms with Crippen molar-refractivity contribution < 1.29 is 4.79 Å². The molecule has 21 heavy (non-hydrogen) atoms. The van der Waals surface area contributed by atoms with E-state index in [4.69, 9.17) is 0 Å². The van der Waals surface area contributed by atoms with Crippen molar-refractivity contribution in [2.75, 3.05) is 44.2 Å². The normalized spacial score (nSPS) is 23.0. The molecule has 2 aliphatic heterocycles. The Kier molecular flexibility index (Phi) is 4.55. The summed E-state index contributed by atoms with van der Waals surface area (Å²) in [6.07, 6.45) is 5.84. The third-order valence-electron chi connectivity index (χ3n) is 4.22. The number of hydrogen-bond donors (Lipinski definition) is 2. The predicted octanol–water partition coefficient (Wildman–Crippen LogP) is 0.665. The van der Waals surface area contributed by atoms with Crippen LogP contribution in [0.2, 0.25) is 0 Å². The van der Waals surface area contributed by atoms with E-state index in [9.17, 15) is 4.79 Å². The molecule has 3 rings (SSSR count). The molecule has 2 N–H and O–H groups in total. The summed E-state index contributed by atoms with van der Waals surface area (Å²) >= 11 is 0. The molecule has 6 heteroatoms. The summed E-state index contributed by atoms with van der Waals surface area (Å²) in [5.41, 5.74) is 1.18. The number of rotatable bonds is 2. The summed E-state index contributed by atoms with van der Waals surface area (Å²) in [4.78, 5) is 20.5. The lowest BCUT2D eigenvalue weighted by Gasteiger charge is -2.37. The first-order valence-corrected chi connectivity index (χ1v) is 7.74. The molecule has 3 heterocycles. The molecule has 0 aliphatic carbocycles. The van der Waals surface area contributed by atoms with Crippen molar-refractivity contribution in [2.24, 2.45) is 0 Å². The van der Waals surface area contributed by atoms with E-state index in [1.807, 2.05) is 29.4 Å². The van der Waals surface area contributed by atoms with Gasteiger partial charge in [0.25, 0.3) is 0 Å². The molecule has 0 radical (unpaired) electrons. The van der Waals surface area contributed by atoms with Gasteiger partial charge in [0.05, 0.1) is 0 Å². The van der Waals surface area contributed by atoms with Crippen molar-refractivity contribution in [3.63, 3.8) is 0 Å². The van der Waals surface area contributed by atoms with E-state index in [0.29, 0.717) is 0 Å². The summed E-state index contributed by atoms with van der Waals surface area (Å²) in [5, 5.41) is 6.46. The minimum atomic E-state index is 0.0816. The van der Waals surface area contributed by atoms with Crippen LogP contribution >= 0.6 is 0 Å². The number of nitrogens with one attached hydrogen (secondary N) is 2. The van der Waals surface area contributed by atoms with Crippen LogP contribution < -0.4 is 15.5 Å². The van der Waals surface area contributed by atoms with E-state index >= 15 is 0 Å². The monoisotopic (exact) mass is 289 g/mol. The second kappa shape index (κ2) is 6.76. The summed E-state index contributed by atoms with van der Waals surface area (Å²) in [5.74, 6) is 0. The number of piperidine rings is 1. The smallest absolute Gasteiger partial charge is 0.317 e. The maximum absolute atomic E-state index is 12.3. The number of piperazine rings is 1. The fourth-order valence-corrected chi connectivity index (χ4v) is 2.96. The van der Waals surface area contributed by atoms with Crippen molar-refractivity contribution >= 4 is 11.7 Å². The third kappa shape index (κ3) is 3.64. The average Bonchev–Trinajstić information content (AvgIpc) is 2.57. The van der Waals surface area contributed by atoms with Crippen molar-refractivity contribution in [2.45, 2.75) is 18.9 Å². The first kappa shape index (κ1) is 14.1. The van der Waals surface area contributed by atoms with Gasteiger partial charge in [-0.15, -0.1) is 0 Å².